The van der Waals surface area contributed by atoms with E-state index < -0.39 is 28.5 Å². The van der Waals surface area contributed by atoms with Gasteiger partial charge >= 0.3 is 5.97 Å². The molecule has 0 aliphatic carbocycles. The van der Waals surface area contributed by atoms with Crippen molar-refractivity contribution in [3.8, 4) is 5.75 Å². The molecular weight excluding hydrogens is 470 g/mol. The molecular formula is C22H18ClN3O6S. The summed E-state index contributed by atoms with van der Waals surface area (Å²) in [5.41, 5.74) is 3.14. The van der Waals surface area contributed by atoms with Crippen LogP contribution in [0.5, 0.6) is 5.75 Å². The van der Waals surface area contributed by atoms with E-state index in [9.17, 15) is 18.0 Å². The summed E-state index contributed by atoms with van der Waals surface area (Å²) in [4.78, 5) is 23.0. The second-order valence-corrected chi connectivity index (χ2v) is 8.68. The van der Waals surface area contributed by atoms with Crippen molar-refractivity contribution in [2.75, 3.05) is 11.3 Å². The lowest BCUT2D eigenvalue weighted by Gasteiger charge is -2.09. The number of nitrogens with zero attached hydrogens (tertiary/aromatic N) is 1. The average molecular weight is 488 g/mol. The highest BCUT2D eigenvalue weighted by Crippen LogP contribution is 2.19. The van der Waals surface area contributed by atoms with Gasteiger partial charge < -0.3 is 9.84 Å². The predicted molar refractivity (Wildman–Crippen MR) is 123 cm³/mol. The maximum absolute atomic E-state index is 12.6. The summed E-state index contributed by atoms with van der Waals surface area (Å²) < 4.78 is 32.9. The molecule has 0 fully saturated rings. The van der Waals surface area contributed by atoms with Crippen molar-refractivity contribution in [1.82, 2.24) is 5.43 Å². The number of amides is 1. The van der Waals surface area contributed by atoms with Gasteiger partial charge in [0, 0.05) is 21.8 Å². The van der Waals surface area contributed by atoms with E-state index in [4.69, 9.17) is 21.4 Å². The predicted octanol–water partition coefficient (Wildman–Crippen LogP) is 3.37. The Morgan fingerprint density at radius 2 is 1.76 bits per heavy atom. The van der Waals surface area contributed by atoms with Gasteiger partial charge in [-0.05, 0) is 54.6 Å². The zero-order valence-corrected chi connectivity index (χ0v) is 18.5. The number of carboxylic acids is 1. The van der Waals surface area contributed by atoms with Crippen LogP contribution in [0, 0.1) is 0 Å². The third-order valence-corrected chi connectivity index (χ3v) is 5.77. The number of hydrazone groups is 1. The molecule has 11 heteroatoms. The first kappa shape index (κ1) is 23.8. The first-order chi connectivity index (χ1) is 15.7. The van der Waals surface area contributed by atoms with Gasteiger partial charge in [0.15, 0.2) is 6.61 Å². The summed E-state index contributed by atoms with van der Waals surface area (Å²) in [5, 5.41) is 13.1. The Bertz CT molecular complexity index is 1290. The topological polar surface area (TPSA) is 134 Å². The van der Waals surface area contributed by atoms with Gasteiger partial charge in [-0.1, -0.05) is 29.8 Å². The molecule has 0 saturated heterocycles. The number of para-hydroxylation sites is 1. The first-order valence-corrected chi connectivity index (χ1v) is 11.3. The number of hydrogen-bond donors (Lipinski definition) is 3. The molecule has 33 heavy (non-hydrogen) atoms. The van der Waals surface area contributed by atoms with Crippen molar-refractivity contribution < 1.29 is 27.9 Å². The standard InChI is InChI=1S/C22H18ClN3O6S/c23-17-8-10-18(11-9-17)26-33(30,31)19-6-3-5-15(12-19)22(29)25-24-13-16-4-1-2-7-20(16)32-14-21(27)28/h1-13,26H,14H2,(H,25,29)(H,27,28). The molecule has 0 aromatic heterocycles. The zero-order chi connectivity index (χ0) is 23.8. The van der Waals surface area contributed by atoms with Crippen LogP contribution in [0.1, 0.15) is 15.9 Å². The molecule has 3 aromatic rings. The van der Waals surface area contributed by atoms with Crippen LogP contribution in [0.25, 0.3) is 0 Å². The van der Waals surface area contributed by atoms with Crippen molar-refractivity contribution in [1.29, 1.82) is 0 Å². The number of halogens is 1. The lowest BCUT2D eigenvalue weighted by molar-refractivity contribution is -0.139. The number of aliphatic carboxylic acids is 1. The molecule has 0 aliphatic heterocycles. The molecule has 3 N–H and O–H groups in total. The minimum absolute atomic E-state index is 0.0709. The number of benzene rings is 3. The van der Waals surface area contributed by atoms with Gasteiger partial charge in [0.25, 0.3) is 15.9 Å². The molecule has 0 heterocycles. The Morgan fingerprint density at radius 3 is 2.48 bits per heavy atom. The fourth-order valence-corrected chi connectivity index (χ4v) is 3.85. The number of sulfonamides is 1. The van der Waals surface area contributed by atoms with E-state index in [1.165, 1.54) is 42.6 Å². The first-order valence-electron chi connectivity index (χ1n) is 9.40. The molecule has 3 rings (SSSR count). The van der Waals surface area contributed by atoms with Gasteiger partial charge in [0.05, 0.1) is 11.1 Å². The lowest BCUT2D eigenvalue weighted by Crippen LogP contribution is -2.19. The van der Waals surface area contributed by atoms with E-state index in [1.54, 1.807) is 36.4 Å². The van der Waals surface area contributed by atoms with Crippen molar-refractivity contribution in [3.63, 3.8) is 0 Å². The number of nitrogens with one attached hydrogen (secondary N) is 2. The third-order valence-electron chi connectivity index (χ3n) is 4.14. The van der Waals surface area contributed by atoms with Gasteiger partial charge in [0.1, 0.15) is 5.75 Å². The highest BCUT2D eigenvalue weighted by molar-refractivity contribution is 7.92. The van der Waals surface area contributed by atoms with Crippen LogP contribution < -0.4 is 14.9 Å². The van der Waals surface area contributed by atoms with Crippen LogP contribution >= 0.6 is 11.6 Å². The Morgan fingerprint density at radius 1 is 1.03 bits per heavy atom. The van der Waals surface area contributed by atoms with Crippen molar-refractivity contribution in [2.24, 2.45) is 5.10 Å². The second kappa shape index (κ2) is 10.6. The Kier molecular flexibility index (Phi) is 7.65. The minimum Gasteiger partial charge on any atom is -0.481 e. The summed E-state index contributed by atoms with van der Waals surface area (Å²) >= 11 is 5.81. The summed E-state index contributed by atoms with van der Waals surface area (Å²) in [6.07, 6.45) is 1.29. The fraction of sp³-hybridized carbons (Fsp3) is 0.0455. The molecule has 9 nitrogen and oxygen atoms in total. The third kappa shape index (κ3) is 6.79. The van der Waals surface area contributed by atoms with Crippen LogP contribution in [0.2, 0.25) is 5.02 Å². The molecule has 170 valence electrons. The van der Waals surface area contributed by atoms with Crippen molar-refractivity contribution >= 4 is 45.4 Å². The van der Waals surface area contributed by atoms with E-state index in [1.807, 2.05) is 0 Å². The summed E-state index contributed by atoms with van der Waals surface area (Å²) in [6.45, 7) is -0.525. The monoisotopic (exact) mass is 487 g/mol. The lowest BCUT2D eigenvalue weighted by atomic mass is 10.2. The number of hydrogen-bond acceptors (Lipinski definition) is 6. The maximum Gasteiger partial charge on any atom is 0.341 e. The Balaban J connectivity index is 1.70. The zero-order valence-electron chi connectivity index (χ0n) is 16.9. The van der Waals surface area contributed by atoms with Crippen molar-refractivity contribution in [2.45, 2.75) is 4.90 Å². The second-order valence-electron chi connectivity index (χ2n) is 6.56. The molecule has 0 bridgehead atoms. The Hall–Kier alpha value is -3.89. The van der Waals surface area contributed by atoms with E-state index in [0.717, 1.165) is 0 Å². The number of carbonyl (C=O) groups is 2. The van der Waals surface area contributed by atoms with Crippen LogP contribution in [0.15, 0.2) is 82.8 Å². The van der Waals surface area contributed by atoms with E-state index in [-0.39, 0.29) is 16.2 Å². The normalized spacial score (nSPS) is 11.2. The van der Waals surface area contributed by atoms with E-state index >= 15 is 0 Å². The van der Waals surface area contributed by atoms with Crippen molar-refractivity contribution in [3.05, 3.63) is 88.9 Å². The number of ether oxygens (including phenoxy) is 1. The molecule has 0 atom stereocenters. The van der Waals surface area contributed by atoms with Gasteiger partial charge in [-0.3, -0.25) is 9.52 Å². The van der Waals surface area contributed by atoms with Crippen LogP contribution in [-0.4, -0.2) is 38.2 Å². The number of anilines is 1. The van der Waals surface area contributed by atoms with Gasteiger partial charge in [-0.15, -0.1) is 0 Å². The van der Waals surface area contributed by atoms with Gasteiger partial charge in [-0.2, -0.15) is 5.10 Å². The summed E-state index contributed by atoms with van der Waals surface area (Å²) in [6, 6.07) is 18.1. The van der Waals surface area contributed by atoms with E-state index in [2.05, 4.69) is 15.2 Å². The van der Waals surface area contributed by atoms with Crippen LogP contribution in [0.3, 0.4) is 0 Å². The smallest absolute Gasteiger partial charge is 0.341 e. The number of rotatable bonds is 9. The minimum atomic E-state index is -3.94. The average Bonchev–Trinajstić information content (AvgIpc) is 2.80. The molecule has 0 radical (unpaired) electrons. The SMILES string of the molecule is O=C(O)COc1ccccc1C=NNC(=O)c1cccc(S(=O)(=O)Nc2ccc(Cl)cc2)c1. The van der Waals surface area contributed by atoms with Crippen LogP contribution in [-0.2, 0) is 14.8 Å². The molecule has 3 aromatic carbocycles. The quantitative estimate of drug-likeness (QED) is 0.313. The molecule has 0 aliphatic rings. The maximum atomic E-state index is 12.6. The summed E-state index contributed by atoms with van der Waals surface area (Å²) in [7, 11) is -3.94. The highest BCUT2D eigenvalue weighted by Gasteiger charge is 2.16. The fourth-order valence-electron chi connectivity index (χ4n) is 2.62. The molecule has 1 amide bonds. The number of carbonyl (C=O) groups excluding carboxylic acids is 1. The largest absolute Gasteiger partial charge is 0.481 e. The highest BCUT2D eigenvalue weighted by atomic mass is 35.5. The molecule has 0 spiro atoms. The van der Waals surface area contributed by atoms with Gasteiger partial charge in [0.2, 0.25) is 0 Å². The van der Waals surface area contributed by atoms with Crippen LogP contribution in [0.4, 0.5) is 5.69 Å². The Labute approximate surface area is 194 Å². The van der Waals surface area contributed by atoms with Gasteiger partial charge in [-0.25, -0.2) is 18.6 Å². The van der Waals surface area contributed by atoms with E-state index in [0.29, 0.717) is 16.3 Å². The summed E-state index contributed by atoms with van der Waals surface area (Å²) in [5.74, 6) is -1.49. The molecule has 0 saturated carbocycles. The molecule has 0 unspecified atom stereocenters. The number of carboxylic acid groups (broad SMARTS) is 1.